The van der Waals surface area contributed by atoms with Gasteiger partial charge in [-0.25, -0.2) is 0 Å². The lowest BCUT2D eigenvalue weighted by Gasteiger charge is -2.21. The molecule has 1 heterocycles. The van der Waals surface area contributed by atoms with E-state index in [9.17, 15) is 4.79 Å². The average Bonchev–Trinajstić information content (AvgIpc) is 2.98. The van der Waals surface area contributed by atoms with Gasteiger partial charge >= 0.3 is 0 Å². The topological polar surface area (TPSA) is 42.0 Å². The zero-order valence-electron chi connectivity index (χ0n) is 16.6. The number of nitrogens with zero attached hydrogens (tertiary/aromatic N) is 2. The van der Waals surface area contributed by atoms with Crippen LogP contribution < -0.4 is 9.47 Å². The van der Waals surface area contributed by atoms with Gasteiger partial charge in [-0.2, -0.15) is 0 Å². The van der Waals surface area contributed by atoms with Crippen molar-refractivity contribution >= 4 is 12.0 Å². The highest BCUT2D eigenvalue weighted by molar-refractivity contribution is 5.91. The van der Waals surface area contributed by atoms with E-state index in [-0.39, 0.29) is 5.91 Å². The Labute approximate surface area is 167 Å². The van der Waals surface area contributed by atoms with E-state index in [1.54, 1.807) is 20.3 Å². The fourth-order valence-electron chi connectivity index (χ4n) is 3.42. The summed E-state index contributed by atoms with van der Waals surface area (Å²) in [5.41, 5.74) is 2.22. The van der Waals surface area contributed by atoms with Crippen LogP contribution in [0.3, 0.4) is 0 Å². The van der Waals surface area contributed by atoms with E-state index in [0.717, 1.165) is 44.7 Å². The van der Waals surface area contributed by atoms with E-state index in [1.165, 1.54) is 5.56 Å². The summed E-state index contributed by atoms with van der Waals surface area (Å²) in [6.45, 7) is 4.38. The Morgan fingerprint density at radius 2 is 1.75 bits per heavy atom. The summed E-state index contributed by atoms with van der Waals surface area (Å²) in [6, 6.07) is 16.1. The second-order valence-corrected chi connectivity index (χ2v) is 6.89. The van der Waals surface area contributed by atoms with Crippen LogP contribution in [-0.2, 0) is 11.3 Å². The van der Waals surface area contributed by atoms with Crippen molar-refractivity contribution in [2.75, 3.05) is 40.4 Å². The number of rotatable bonds is 6. The molecule has 0 radical (unpaired) electrons. The Bertz CT molecular complexity index is 805. The molecule has 148 valence electrons. The quantitative estimate of drug-likeness (QED) is 0.720. The van der Waals surface area contributed by atoms with Gasteiger partial charge in [0.15, 0.2) is 11.5 Å². The van der Waals surface area contributed by atoms with Crippen molar-refractivity contribution in [2.24, 2.45) is 0 Å². The minimum absolute atomic E-state index is 0.0522. The number of hydrogen-bond acceptors (Lipinski definition) is 4. The van der Waals surface area contributed by atoms with Crippen LogP contribution in [0.15, 0.2) is 54.6 Å². The first-order chi connectivity index (χ1) is 13.7. The van der Waals surface area contributed by atoms with E-state index in [4.69, 9.17) is 9.47 Å². The Balaban J connectivity index is 1.56. The number of benzene rings is 2. The summed E-state index contributed by atoms with van der Waals surface area (Å²) in [5, 5.41) is 0. The first-order valence-electron chi connectivity index (χ1n) is 9.65. The van der Waals surface area contributed by atoms with Crippen LogP contribution >= 0.6 is 0 Å². The minimum atomic E-state index is 0.0522. The second kappa shape index (κ2) is 9.95. The van der Waals surface area contributed by atoms with Crippen molar-refractivity contribution in [2.45, 2.75) is 13.0 Å². The van der Waals surface area contributed by atoms with Crippen LogP contribution in [0.4, 0.5) is 0 Å². The highest BCUT2D eigenvalue weighted by Gasteiger charge is 2.17. The molecule has 3 rings (SSSR count). The normalized spacial score (nSPS) is 15.4. The molecule has 2 aromatic carbocycles. The molecule has 0 N–H and O–H groups in total. The van der Waals surface area contributed by atoms with Gasteiger partial charge in [0.1, 0.15) is 0 Å². The molecule has 5 nitrogen and oxygen atoms in total. The molecular weight excluding hydrogens is 352 g/mol. The Morgan fingerprint density at radius 3 is 2.50 bits per heavy atom. The van der Waals surface area contributed by atoms with Gasteiger partial charge < -0.3 is 14.4 Å². The third kappa shape index (κ3) is 5.36. The summed E-state index contributed by atoms with van der Waals surface area (Å²) in [4.78, 5) is 17.0. The zero-order chi connectivity index (χ0) is 19.8. The number of ether oxygens (including phenoxy) is 2. The standard InChI is InChI=1S/C23H28N2O3/c1-27-21-11-9-19(17-22(21)28-2)10-12-23(26)25-14-6-13-24(15-16-25)18-20-7-4-3-5-8-20/h3-5,7-12,17H,6,13-16,18H2,1-2H3/b12-10+. The maximum Gasteiger partial charge on any atom is 0.246 e. The second-order valence-electron chi connectivity index (χ2n) is 6.89. The fourth-order valence-corrected chi connectivity index (χ4v) is 3.42. The molecule has 0 bridgehead atoms. The third-order valence-electron chi connectivity index (χ3n) is 4.98. The van der Waals surface area contributed by atoms with Gasteiger partial charge in [-0.3, -0.25) is 9.69 Å². The lowest BCUT2D eigenvalue weighted by atomic mass is 10.2. The van der Waals surface area contributed by atoms with Crippen molar-refractivity contribution < 1.29 is 14.3 Å². The summed E-state index contributed by atoms with van der Waals surface area (Å²) in [7, 11) is 3.21. The van der Waals surface area contributed by atoms with Crippen LogP contribution in [-0.4, -0.2) is 56.1 Å². The molecule has 1 fully saturated rings. The summed E-state index contributed by atoms with van der Waals surface area (Å²) < 4.78 is 10.6. The van der Waals surface area contributed by atoms with E-state index < -0.39 is 0 Å². The minimum Gasteiger partial charge on any atom is -0.493 e. The SMILES string of the molecule is COc1ccc(/C=C/C(=O)N2CCCN(Cc3ccccc3)CC2)cc1OC. The molecule has 28 heavy (non-hydrogen) atoms. The van der Waals surface area contributed by atoms with Crippen molar-refractivity contribution in [3.05, 3.63) is 65.7 Å². The lowest BCUT2D eigenvalue weighted by Crippen LogP contribution is -2.34. The first kappa shape index (κ1) is 20.0. The van der Waals surface area contributed by atoms with Gasteiger partial charge in [-0.1, -0.05) is 36.4 Å². The molecule has 1 amide bonds. The molecule has 0 unspecified atom stereocenters. The molecule has 2 aromatic rings. The summed E-state index contributed by atoms with van der Waals surface area (Å²) in [5.74, 6) is 1.39. The lowest BCUT2D eigenvalue weighted by molar-refractivity contribution is -0.125. The van der Waals surface area contributed by atoms with Crippen molar-refractivity contribution in [3.8, 4) is 11.5 Å². The number of hydrogen-bond donors (Lipinski definition) is 0. The Morgan fingerprint density at radius 1 is 0.964 bits per heavy atom. The largest absolute Gasteiger partial charge is 0.493 e. The molecule has 0 atom stereocenters. The maximum absolute atomic E-state index is 12.6. The van der Waals surface area contributed by atoms with Crippen LogP contribution in [0.2, 0.25) is 0 Å². The molecule has 0 aliphatic carbocycles. The van der Waals surface area contributed by atoms with Crippen LogP contribution in [0.25, 0.3) is 6.08 Å². The van der Waals surface area contributed by atoms with Crippen molar-refractivity contribution in [1.82, 2.24) is 9.80 Å². The molecule has 1 aliphatic rings. The molecule has 1 aliphatic heterocycles. The number of carbonyl (C=O) groups excluding carboxylic acids is 1. The molecule has 0 spiro atoms. The van der Waals surface area contributed by atoms with E-state index in [1.807, 2.05) is 35.2 Å². The predicted octanol–water partition coefficient (Wildman–Crippen LogP) is 3.45. The Kier molecular flexibility index (Phi) is 7.09. The van der Waals surface area contributed by atoms with Gasteiger partial charge in [0, 0.05) is 38.8 Å². The highest BCUT2D eigenvalue weighted by atomic mass is 16.5. The van der Waals surface area contributed by atoms with E-state index >= 15 is 0 Å². The van der Waals surface area contributed by atoms with Gasteiger partial charge in [-0.05, 0) is 35.8 Å². The number of amides is 1. The zero-order valence-corrected chi connectivity index (χ0v) is 16.6. The van der Waals surface area contributed by atoms with Gasteiger partial charge in [-0.15, -0.1) is 0 Å². The molecule has 0 aromatic heterocycles. The van der Waals surface area contributed by atoms with E-state index in [2.05, 4.69) is 29.2 Å². The molecule has 5 heteroatoms. The average molecular weight is 380 g/mol. The number of methoxy groups -OCH3 is 2. The van der Waals surface area contributed by atoms with Crippen LogP contribution in [0.1, 0.15) is 17.5 Å². The fraction of sp³-hybridized carbons (Fsp3) is 0.348. The van der Waals surface area contributed by atoms with Gasteiger partial charge in [0.2, 0.25) is 5.91 Å². The molecular formula is C23H28N2O3. The monoisotopic (exact) mass is 380 g/mol. The predicted molar refractivity (Wildman–Crippen MR) is 111 cm³/mol. The molecule has 1 saturated heterocycles. The van der Waals surface area contributed by atoms with E-state index in [0.29, 0.717) is 11.5 Å². The Hall–Kier alpha value is -2.79. The smallest absolute Gasteiger partial charge is 0.246 e. The highest BCUT2D eigenvalue weighted by Crippen LogP contribution is 2.28. The van der Waals surface area contributed by atoms with Crippen molar-refractivity contribution in [3.63, 3.8) is 0 Å². The third-order valence-corrected chi connectivity index (χ3v) is 4.98. The van der Waals surface area contributed by atoms with Gasteiger partial charge in [0.05, 0.1) is 14.2 Å². The van der Waals surface area contributed by atoms with Crippen LogP contribution in [0.5, 0.6) is 11.5 Å². The van der Waals surface area contributed by atoms with Crippen molar-refractivity contribution in [1.29, 1.82) is 0 Å². The maximum atomic E-state index is 12.6. The summed E-state index contributed by atoms with van der Waals surface area (Å²) in [6.07, 6.45) is 4.47. The first-order valence-corrected chi connectivity index (χ1v) is 9.65. The summed E-state index contributed by atoms with van der Waals surface area (Å²) >= 11 is 0. The van der Waals surface area contributed by atoms with Gasteiger partial charge in [0.25, 0.3) is 0 Å². The number of carbonyl (C=O) groups is 1. The van der Waals surface area contributed by atoms with Crippen LogP contribution in [0, 0.1) is 0 Å². The molecule has 0 saturated carbocycles.